The number of benzene rings is 1. The van der Waals surface area contributed by atoms with E-state index >= 15 is 0 Å². The predicted octanol–water partition coefficient (Wildman–Crippen LogP) is 2.12. The Morgan fingerprint density at radius 3 is 1.89 bits per heavy atom. The van der Waals surface area contributed by atoms with Gasteiger partial charge in [-0.2, -0.15) is 0 Å². The van der Waals surface area contributed by atoms with Gasteiger partial charge in [-0.3, -0.25) is 0 Å². The number of piperidine rings is 1. The Kier molecular flexibility index (Phi) is 4.16. The summed E-state index contributed by atoms with van der Waals surface area (Å²) in [4.78, 5) is 2.51. The van der Waals surface area contributed by atoms with Crippen molar-refractivity contribution in [1.29, 1.82) is 0 Å². The Morgan fingerprint density at radius 2 is 1.47 bits per heavy atom. The number of hydrogen-bond donors (Lipinski definition) is 2. The lowest BCUT2D eigenvalue weighted by Crippen LogP contribution is -2.48. The Bertz CT molecular complexity index is 416. The van der Waals surface area contributed by atoms with Crippen LogP contribution in [0.2, 0.25) is 0 Å². The Balaban J connectivity index is 2.18. The van der Waals surface area contributed by atoms with Crippen molar-refractivity contribution in [2.24, 2.45) is 16.9 Å². The fourth-order valence-corrected chi connectivity index (χ4v) is 3.37. The molecule has 0 saturated carbocycles. The highest BCUT2D eigenvalue weighted by Gasteiger charge is 2.32. The van der Waals surface area contributed by atoms with E-state index in [0.29, 0.717) is 13.1 Å². The summed E-state index contributed by atoms with van der Waals surface area (Å²) in [5, 5.41) is 0. The van der Waals surface area contributed by atoms with E-state index in [2.05, 4.69) is 37.8 Å². The maximum absolute atomic E-state index is 5.91. The molecule has 106 valence electrons. The Labute approximate surface area is 117 Å². The molecule has 0 radical (unpaired) electrons. The molecule has 0 aliphatic carbocycles. The summed E-state index contributed by atoms with van der Waals surface area (Å²) in [6.45, 7) is 10.1. The first-order chi connectivity index (χ1) is 9.01. The van der Waals surface area contributed by atoms with Crippen LogP contribution in [-0.4, -0.2) is 26.2 Å². The van der Waals surface area contributed by atoms with E-state index < -0.39 is 0 Å². The molecule has 1 aliphatic heterocycles. The van der Waals surface area contributed by atoms with Crippen molar-refractivity contribution in [2.45, 2.75) is 33.6 Å². The van der Waals surface area contributed by atoms with Crippen LogP contribution >= 0.6 is 0 Å². The van der Waals surface area contributed by atoms with Crippen LogP contribution in [0.3, 0.4) is 0 Å². The van der Waals surface area contributed by atoms with Gasteiger partial charge in [0.15, 0.2) is 0 Å². The van der Waals surface area contributed by atoms with Crippen molar-refractivity contribution in [1.82, 2.24) is 0 Å². The summed E-state index contributed by atoms with van der Waals surface area (Å²) in [6.07, 6.45) is 2.21. The lowest BCUT2D eigenvalue weighted by atomic mass is 9.78. The average molecular weight is 261 g/mol. The summed E-state index contributed by atoms with van der Waals surface area (Å²) in [7, 11) is 0. The van der Waals surface area contributed by atoms with Crippen molar-refractivity contribution < 1.29 is 0 Å². The van der Waals surface area contributed by atoms with Gasteiger partial charge < -0.3 is 16.4 Å². The van der Waals surface area contributed by atoms with Gasteiger partial charge >= 0.3 is 0 Å². The first kappa shape index (κ1) is 14.4. The zero-order valence-corrected chi connectivity index (χ0v) is 12.5. The van der Waals surface area contributed by atoms with Gasteiger partial charge in [-0.25, -0.2) is 0 Å². The molecule has 0 bridgehead atoms. The van der Waals surface area contributed by atoms with Crippen LogP contribution in [0.5, 0.6) is 0 Å². The number of nitrogens with two attached hydrogens (primary N) is 2. The molecule has 3 heteroatoms. The smallest absolute Gasteiger partial charge is 0.0425 e. The highest BCUT2D eigenvalue weighted by Crippen LogP contribution is 2.34. The van der Waals surface area contributed by atoms with Crippen LogP contribution in [0.15, 0.2) is 12.1 Å². The zero-order valence-electron chi connectivity index (χ0n) is 12.5. The van der Waals surface area contributed by atoms with Gasteiger partial charge in [0.1, 0.15) is 0 Å². The molecule has 2 rings (SSSR count). The van der Waals surface area contributed by atoms with E-state index in [1.54, 1.807) is 0 Å². The minimum Gasteiger partial charge on any atom is -0.371 e. The fourth-order valence-electron chi connectivity index (χ4n) is 3.37. The molecule has 3 nitrogen and oxygen atoms in total. The molecule has 19 heavy (non-hydrogen) atoms. The Hall–Kier alpha value is -1.06. The summed E-state index contributed by atoms with van der Waals surface area (Å²) in [5.74, 6) is 0. The first-order valence-electron chi connectivity index (χ1n) is 7.24. The van der Waals surface area contributed by atoms with Crippen molar-refractivity contribution in [2.75, 3.05) is 31.1 Å². The second kappa shape index (κ2) is 5.51. The summed E-state index contributed by atoms with van der Waals surface area (Å²) in [5.41, 5.74) is 17.5. The van der Waals surface area contributed by atoms with Crippen molar-refractivity contribution >= 4 is 5.69 Å². The molecular weight excluding hydrogens is 234 g/mol. The molecule has 4 N–H and O–H groups in total. The van der Waals surface area contributed by atoms with Crippen LogP contribution in [-0.2, 0) is 0 Å². The molecule has 1 heterocycles. The number of rotatable bonds is 3. The number of anilines is 1. The lowest BCUT2D eigenvalue weighted by molar-refractivity contribution is 0.238. The SMILES string of the molecule is Cc1cc(C)c(N2CCC(CN)(CN)CC2)c(C)c1. The van der Waals surface area contributed by atoms with Crippen molar-refractivity contribution in [3.05, 3.63) is 28.8 Å². The number of hydrogen-bond acceptors (Lipinski definition) is 3. The van der Waals surface area contributed by atoms with E-state index in [1.807, 2.05) is 0 Å². The topological polar surface area (TPSA) is 55.3 Å². The van der Waals surface area contributed by atoms with Crippen molar-refractivity contribution in [3.63, 3.8) is 0 Å². The second-order valence-electron chi connectivity index (χ2n) is 6.14. The zero-order chi connectivity index (χ0) is 14.0. The van der Waals surface area contributed by atoms with Crippen LogP contribution in [0.1, 0.15) is 29.5 Å². The monoisotopic (exact) mass is 261 g/mol. The highest BCUT2D eigenvalue weighted by atomic mass is 15.1. The minimum absolute atomic E-state index is 0.170. The third kappa shape index (κ3) is 2.77. The molecule has 1 aromatic carbocycles. The quantitative estimate of drug-likeness (QED) is 0.876. The molecule has 0 unspecified atom stereocenters. The van der Waals surface area contributed by atoms with Gasteiger partial charge in [-0.15, -0.1) is 0 Å². The fraction of sp³-hybridized carbons (Fsp3) is 0.625. The third-order valence-electron chi connectivity index (χ3n) is 4.64. The summed E-state index contributed by atoms with van der Waals surface area (Å²) in [6, 6.07) is 4.55. The standard InChI is InChI=1S/C16H27N3/c1-12-8-13(2)15(14(3)9-12)19-6-4-16(10-17,11-18)5-7-19/h8-9H,4-7,10-11,17-18H2,1-3H3. The largest absolute Gasteiger partial charge is 0.371 e. The molecular formula is C16H27N3. The summed E-state index contributed by atoms with van der Waals surface area (Å²) < 4.78 is 0. The summed E-state index contributed by atoms with van der Waals surface area (Å²) >= 11 is 0. The van der Waals surface area contributed by atoms with Gasteiger partial charge in [0.25, 0.3) is 0 Å². The van der Waals surface area contributed by atoms with Gasteiger partial charge in [0, 0.05) is 18.8 Å². The molecule has 1 fully saturated rings. The van der Waals surface area contributed by atoms with E-state index in [-0.39, 0.29) is 5.41 Å². The molecule has 0 atom stereocenters. The van der Waals surface area contributed by atoms with Gasteiger partial charge in [0.05, 0.1) is 0 Å². The maximum Gasteiger partial charge on any atom is 0.0425 e. The van der Waals surface area contributed by atoms with Crippen LogP contribution < -0.4 is 16.4 Å². The van der Waals surface area contributed by atoms with Gasteiger partial charge in [0.2, 0.25) is 0 Å². The van der Waals surface area contributed by atoms with E-state index in [1.165, 1.54) is 22.4 Å². The normalized spacial score (nSPS) is 18.7. The molecule has 1 saturated heterocycles. The molecule has 0 aromatic heterocycles. The second-order valence-corrected chi connectivity index (χ2v) is 6.14. The third-order valence-corrected chi connectivity index (χ3v) is 4.64. The van der Waals surface area contributed by atoms with E-state index in [4.69, 9.17) is 11.5 Å². The van der Waals surface area contributed by atoms with Gasteiger partial charge in [-0.1, -0.05) is 17.7 Å². The Morgan fingerprint density at radius 1 is 1.00 bits per heavy atom. The molecule has 1 aliphatic rings. The molecule has 1 aromatic rings. The highest BCUT2D eigenvalue weighted by molar-refractivity contribution is 5.60. The predicted molar refractivity (Wildman–Crippen MR) is 82.6 cm³/mol. The maximum atomic E-state index is 5.91. The van der Waals surface area contributed by atoms with Crippen LogP contribution in [0.4, 0.5) is 5.69 Å². The first-order valence-corrected chi connectivity index (χ1v) is 7.24. The van der Waals surface area contributed by atoms with Crippen LogP contribution in [0.25, 0.3) is 0 Å². The number of aryl methyl sites for hydroxylation is 3. The van der Waals surface area contributed by atoms with Crippen LogP contribution in [0, 0.1) is 26.2 Å². The van der Waals surface area contributed by atoms with E-state index in [9.17, 15) is 0 Å². The molecule has 0 spiro atoms. The van der Waals surface area contributed by atoms with Gasteiger partial charge in [-0.05, 0) is 63.2 Å². The van der Waals surface area contributed by atoms with E-state index in [0.717, 1.165) is 25.9 Å². The minimum atomic E-state index is 0.170. The molecule has 0 amide bonds. The lowest BCUT2D eigenvalue weighted by Gasteiger charge is -2.42. The number of nitrogens with zero attached hydrogens (tertiary/aromatic N) is 1. The van der Waals surface area contributed by atoms with Crippen molar-refractivity contribution in [3.8, 4) is 0 Å². The average Bonchev–Trinajstić information content (AvgIpc) is 2.39.